The Hall–Kier alpha value is -1.44. The van der Waals surface area contributed by atoms with Crippen LogP contribution < -0.4 is 5.32 Å². The van der Waals surface area contributed by atoms with Crippen molar-refractivity contribution < 1.29 is 0 Å². The number of likely N-dealkylation sites (tertiary alicyclic amines) is 1. The van der Waals surface area contributed by atoms with Gasteiger partial charge in [-0.3, -0.25) is 9.58 Å². The molecule has 1 saturated heterocycles. The molecule has 1 fully saturated rings. The van der Waals surface area contributed by atoms with E-state index in [0.717, 1.165) is 51.6 Å². The standard InChI is InChI=1S/C18H29N7.ClH/c1-14(2)11-24-13-15(9-20-24)12-23-6-3-16(4-7-23)18-22-21-17-10-19-5-8-25(17)18;/h9,13-14,16,19H,3-8,10-12H2,1-2H3;1H. The van der Waals surface area contributed by atoms with E-state index in [0.29, 0.717) is 11.8 Å². The van der Waals surface area contributed by atoms with Crippen molar-refractivity contribution in [3.63, 3.8) is 0 Å². The van der Waals surface area contributed by atoms with Gasteiger partial charge in [-0.15, -0.1) is 22.6 Å². The number of aromatic nitrogens is 5. The smallest absolute Gasteiger partial charge is 0.147 e. The maximum atomic E-state index is 4.50. The summed E-state index contributed by atoms with van der Waals surface area (Å²) in [4.78, 5) is 2.54. The van der Waals surface area contributed by atoms with Crippen LogP contribution in [0.5, 0.6) is 0 Å². The average molecular weight is 380 g/mol. The number of nitrogens with one attached hydrogen (secondary N) is 1. The van der Waals surface area contributed by atoms with Crippen LogP contribution in [0.25, 0.3) is 0 Å². The fourth-order valence-electron chi connectivity index (χ4n) is 3.99. The molecule has 8 heteroatoms. The number of hydrogen-bond donors (Lipinski definition) is 1. The van der Waals surface area contributed by atoms with Gasteiger partial charge in [-0.1, -0.05) is 13.8 Å². The van der Waals surface area contributed by atoms with Crippen molar-refractivity contribution in [2.75, 3.05) is 19.6 Å². The molecule has 0 aromatic carbocycles. The van der Waals surface area contributed by atoms with Crippen LogP contribution in [0, 0.1) is 5.92 Å². The van der Waals surface area contributed by atoms with E-state index in [9.17, 15) is 0 Å². The fraction of sp³-hybridized carbons (Fsp3) is 0.722. The Morgan fingerprint density at radius 2 is 2.00 bits per heavy atom. The molecule has 0 spiro atoms. The third-order valence-corrected chi connectivity index (χ3v) is 5.25. The lowest BCUT2D eigenvalue weighted by atomic mass is 9.95. The Morgan fingerprint density at radius 3 is 2.77 bits per heavy atom. The molecule has 144 valence electrons. The zero-order valence-electron chi connectivity index (χ0n) is 15.8. The fourth-order valence-corrected chi connectivity index (χ4v) is 3.99. The minimum Gasteiger partial charge on any atom is -0.312 e. The summed E-state index contributed by atoms with van der Waals surface area (Å²) in [6.07, 6.45) is 6.57. The van der Waals surface area contributed by atoms with Gasteiger partial charge in [0.1, 0.15) is 11.6 Å². The molecule has 0 aliphatic carbocycles. The highest BCUT2D eigenvalue weighted by atomic mass is 35.5. The van der Waals surface area contributed by atoms with Crippen LogP contribution in [-0.4, -0.2) is 49.1 Å². The molecule has 26 heavy (non-hydrogen) atoms. The second kappa shape index (κ2) is 8.50. The minimum absolute atomic E-state index is 0. The monoisotopic (exact) mass is 379 g/mol. The third-order valence-electron chi connectivity index (χ3n) is 5.25. The van der Waals surface area contributed by atoms with Gasteiger partial charge in [0.2, 0.25) is 0 Å². The molecule has 0 radical (unpaired) electrons. The van der Waals surface area contributed by atoms with Gasteiger partial charge in [0.25, 0.3) is 0 Å². The molecule has 7 nitrogen and oxygen atoms in total. The maximum absolute atomic E-state index is 4.50. The topological polar surface area (TPSA) is 63.8 Å². The lowest BCUT2D eigenvalue weighted by Gasteiger charge is -2.31. The van der Waals surface area contributed by atoms with E-state index >= 15 is 0 Å². The van der Waals surface area contributed by atoms with Gasteiger partial charge in [-0.25, -0.2) is 0 Å². The van der Waals surface area contributed by atoms with Gasteiger partial charge in [0.05, 0.1) is 12.7 Å². The van der Waals surface area contributed by atoms with Crippen molar-refractivity contribution in [1.29, 1.82) is 0 Å². The summed E-state index contributed by atoms with van der Waals surface area (Å²) in [5, 5.41) is 16.7. The summed E-state index contributed by atoms with van der Waals surface area (Å²) in [7, 11) is 0. The lowest BCUT2D eigenvalue weighted by molar-refractivity contribution is 0.199. The van der Waals surface area contributed by atoms with Gasteiger partial charge in [-0.2, -0.15) is 5.10 Å². The molecule has 2 aromatic rings. The highest BCUT2D eigenvalue weighted by molar-refractivity contribution is 5.85. The number of rotatable bonds is 5. The van der Waals surface area contributed by atoms with E-state index in [-0.39, 0.29) is 12.4 Å². The lowest BCUT2D eigenvalue weighted by Crippen LogP contribution is -2.34. The van der Waals surface area contributed by atoms with Gasteiger partial charge in [-0.05, 0) is 31.8 Å². The van der Waals surface area contributed by atoms with Crippen LogP contribution in [-0.2, 0) is 26.2 Å². The highest BCUT2D eigenvalue weighted by Gasteiger charge is 2.27. The summed E-state index contributed by atoms with van der Waals surface area (Å²) >= 11 is 0. The van der Waals surface area contributed by atoms with Crippen LogP contribution in [0.1, 0.15) is 49.8 Å². The molecular weight excluding hydrogens is 350 g/mol. The number of piperidine rings is 1. The van der Waals surface area contributed by atoms with Gasteiger partial charge >= 0.3 is 0 Å². The van der Waals surface area contributed by atoms with Crippen molar-refractivity contribution in [1.82, 2.24) is 34.8 Å². The Balaban J connectivity index is 0.00000196. The molecule has 2 aliphatic heterocycles. The number of halogens is 1. The summed E-state index contributed by atoms with van der Waals surface area (Å²) in [5.74, 6) is 3.49. The first-order chi connectivity index (χ1) is 12.2. The van der Waals surface area contributed by atoms with Crippen LogP contribution in [0.15, 0.2) is 12.4 Å². The molecule has 2 aromatic heterocycles. The molecule has 0 bridgehead atoms. The van der Waals surface area contributed by atoms with Crippen molar-refractivity contribution in [2.24, 2.45) is 5.92 Å². The van der Waals surface area contributed by atoms with E-state index < -0.39 is 0 Å². The summed E-state index contributed by atoms with van der Waals surface area (Å²) in [5.41, 5.74) is 1.32. The minimum atomic E-state index is 0. The Bertz CT molecular complexity index is 700. The van der Waals surface area contributed by atoms with E-state index in [1.165, 1.54) is 24.2 Å². The summed E-state index contributed by atoms with van der Waals surface area (Å²) < 4.78 is 4.41. The molecule has 1 N–H and O–H groups in total. The summed E-state index contributed by atoms with van der Waals surface area (Å²) in [6.45, 7) is 11.6. The van der Waals surface area contributed by atoms with E-state index in [4.69, 9.17) is 0 Å². The first kappa shape index (κ1) is 19.3. The molecule has 4 rings (SSSR count). The number of nitrogens with zero attached hydrogens (tertiary/aromatic N) is 6. The quantitative estimate of drug-likeness (QED) is 0.861. The zero-order valence-corrected chi connectivity index (χ0v) is 16.6. The first-order valence-electron chi connectivity index (χ1n) is 9.55. The Labute approximate surface area is 161 Å². The SMILES string of the molecule is CC(C)Cn1cc(CN2CCC(c3nnc4n3CCNC4)CC2)cn1.Cl. The van der Waals surface area contributed by atoms with Crippen LogP contribution in [0.4, 0.5) is 0 Å². The van der Waals surface area contributed by atoms with Crippen LogP contribution in [0.2, 0.25) is 0 Å². The van der Waals surface area contributed by atoms with Crippen molar-refractivity contribution in [2.45, 2.75) is 58.8 Å². The Kier molecular flexibility index (Phi) is 6.32. The average Bonchev–Trinajstić information content (AvgIpc) is 3.22. The normalized spacial score (nSPS) is 18.7. The molecule has 0 atom stereocenters. The summed E-state index contributed by atoms with van der Waals surface area (Å²) in [6, 6.07) is 0. The molecule has 2 aliphatic rings. The van der Waals surface area contributed by atoms with Crippen LogP contribution in [0.3, 0.4) is 0 Å². The predicted molar refractivity (Wildman–Crippen MR) is 103 cm³/mol. The second-order valence-electron chi connectivity index (χ2n) is 7.82. The van der Waals surface area contributed by atoms with Crippen molar-refractivity contribution in [3.05, 3.63) is 29.6 Å². The van der Waals surface area contributed by atoms with Gasteiger partial charge in [0, 0.05) is 43.9 Å². The largest absolute Gasteiger partial charge is 0.312 e. The second-order valence-corrected chi connectivity index (χ2v) is 7.82. The van der Waals surface area contributed by atoms with E-state index in [1.807, 2.05) is 6.20 Å². The number of hydrogen-bond acceptors (Lipinski definition) is 5. The number of fused-ring (bicyclic) bond motifs is 1. The third kappa shape index (κ3) is 4.27. The van der Waals surface area contributed by atoms with Crippen molar-refractivity contribution >= 4 is 12.4 Å². The van der Waals surface area contributed by atoms with E-state index in [2.05, 4.69) is 54.8 Å². The van der Waals surface area contributed by atoms with Crippen LogP contribution >= 0.6 is 12.4 Å². The van der Waals surface area contributed by atoms with E-state index in [1.54, 1.807) is 0 Å². The molecular formula is C18H30ClN7. The first-order valence-corrected chi connectivity index (χ1v) is 9.55. The zero-order chi connectivity index (χ0) is 17.2. The molecule has 4 heterocycles. The highest BCUT2D eigenvalue weighted by Crippen LogP contribution is 2.28. The van der Waals surface area contributed by atoms with Crippen molar-refractivity contribution in [3.8, 4) is 0 Å². The van der Waals surface area contributed by atoms with Gasteiger partial charge < -0.3 is 9.88 Å². The predicted octanol–water partition coefficient (Wildman–Crippen LogP) is 2.04. The Morgan fingerprint density at radius 1 is 1.19 bits per heavy atom. The maximum Gasteiger partial charge on any atom is 0.147 e. The van der Waals surface area contributed by atoms with Gasteiger partial charge in [0.15, 0.2) is 0 Å². The molecule has 0 saturated carbocycles. The molecule has 0 unspecified atom stereocenters. The molecule has 0 amide bonds.